The molecule has 0 N–H and O–H groups in total. The van der Waals surface area contributed by atoms with Crippen LogP contribution in [0.4, 0.5) is 0 Å². The van der Waals surface area contributed by atoms with E-state index < -0.39 is 36.1 Å². The number of carbonyl (C=O) groups is 4. The van der Waals surface area contributed by atoms with Gasteiger partial charge < -0.3 is 29.3 Å². The third kappa shape index (κ3) is 14.1. The van der Waals surface area contributed by atoms with E-state index in [4.69, 9.17) is 0 Å². The summed E-state index contributed by atoms with van der Waals surface area (Å²) < 4.78 is 8.48. The van der Waals surface area contributed by atoms with Crippen LogP contribution in [0.15, 0.2) is 25.3 Å². The number of esters is 2. The largest absolute Gasteiger partial charge is 2.00 e. The Morgan fingerprint density at radius 3 is 1.24 bits per heavy atom. The molecule has 21 heavy (non-hydrogen) atoms. The van der Waals surface area contributed by atoms with E-state index in [-0.39, 0.29) is 17.1 Å². The SMILES string of the molecule is C=CC(=O)OC(C)C(=O)[O-].C=CC(=O)OC(C)C(=O)[O-].[Cu+2]. The van der Waals surface area contributed by atoms with Gasteiger partial charge in [-0.15, -0.1) is 0 Å². The summed E-state index contributed by atoms with van der Waals surface area (Å²) in [6, 6.07) is 0. The Labute approximate surface area is 131 Å². The second kappa shape index (κ2) is 12.9. The molecule has 0 saturated carbocycles. The first-order valence-corrected chi connectivity index (χ1v) is 5.23. The number of aliphatic carboxylic acids is 2. The summed E-state index contributed by atoms with van der Waals surface area (Å²) in [7, 11) is 0. The molecule has 0 aliphatic carbocycles. The van der Waals surface area contributed by atoms with Crippen LogP contribution in [0, 0.1) is 0 Å². The molecule has 9 heteroatoms. The van der Waals surface area contributed by atoms with Crippen LogP contribution in [0.25, 0.3) is 0 Å². The third-order valence-electron chi connectivity index (χ3n) is 1.58. The van der Waals surface area contributed by atoms with Crippen LogP contribution in [0.5, 0.6) is 0 Å². The number of ether oxygens (including phenoxy) is 2. The second-order valence-electron chi connectivity index (χ2n) is 3.20. The zero-order chi connectivity index (χ0) is 16.3. The molecule has 0 rings (SSSR count). The van der Waals surface area contributed by atoms with Gasteiger partial charge in [0.1, 0.15) is 12.2 Å². The van der Waals surface area contributed by atoms with Gasteiger partial charge >= 0.3 is 29.0 Å². The van der Waals surface area contributed by atoms with Crippen LogP contribution < -0.4 is 10.2 Å². The Bertz CT molecular complexity index is 366. The van der Waals surface area contributed by atoms with Crippen molar-refractivity contribution in [3.63, 3.8) is 0 Å². The minimum absolute atomic E-state index is 0. The predicted molar refractivity (Wildman–Crippen MR) is 61.5 cm³/mol. The third-order valence-corrected chi connectivity index (χ3v) is 1.58. The molecule has 2 atom stereocenters. The van der Waals surface area contributed by atoms with Crippen molar-refractivity contribution < 1.29 is 55.9 Å². The van der Waals surface area contributed by atoms with E-state index in [1.54, 1.807) is 0 Å². The summed E-state index contributed by atoms with van der Waals surface area (Å²) in [6.07, 6.45) is -0.658. The minimum Gasteiger partial charge on any atom is -0.546 e. The molecule has 0 spiro atoms. The molecule has 0 bridgehead atoms. The van der Waals surface area contributed by atoms with Crippen molar-refractivity contribution in [1.82, 2.24) is 0 Å². The average molecular weight is 350 g/mol. The molecular weight excluding hydrogens is 336 g/mol. The molecule has 1 radical (unpaired) electrons. The van der Waals surface area contributed by atoms with Gasteiger partial charge in [-0.05, 0) is 13.8 Å². The quantitative estimate of drug-likeness (QED) is 0.297. The Morgan fingerprint density at radius 1 is 0.857 bits per heavy atom. The maximum absolute atomic E-state index is 10.3. The molecule has 0 fully saturated rings. The number of carbonyl (C=O) groups excluding carboxylic acids is 4. The van der Waals surface area contributed by atoms with Crippen molar-refractivity contribution in [2.24, 2.45) is 0 Å². The van der Waals surface area contributed by atoms with Crippen LogP contribution in [-0.4, -0.2) is 36.1 Å². The first-order valence-electron chi connectivity index (χ1n) is 5.23. The van der Waals surface area contributed by atoms with Gasteiger partial charge in [-0.2, -0.15) is 0 Å². The normalized spacial score (nSPS) is 11.1. The molecular formula is C12H14CuO8. The van der Waals surface area contributed by atoms with Crippen molar-refractivity contribution in [1.29, 1.82) is 0 Å². The summed E-state index contributed by atoms with van der Waals surface area (Å²) in [5.74, 6) is -4.38. The Morgan fingerprint density at radius 2 is 1.10 bits per heavy atom. The second-order valence-corrected chi connectivity index (χ2v) is 3.20. The molecule has 0 aromatic rings. The minimum atomic E-state index is -1.42. The van der Waals surface area contributed by atoms with Crippen LogP contribution in [0.3, 0.4) is 0 Å². The van der Waals surface area contributed by atoms with Crippen molar-refractivity contribution in [2.45, 2.75) is 26.1 Å². The van der Waals surface area contributed by atoms with Gasteiger partial charge in [-0.1, -0.05) is 13.2 Å². The zero-order valence-electron chi connectivity index (χ0n) is 11.3. The Balaban J connectivity index is -0.000000295. The molecule has 0 aromatic carbocycles. The van der Waals surface area contributed by atoms with Crippen LogP contribution in [-0.2, 0) is 45.7 Å². The van der Waals surface area contributed by atoms with Gasteiger partial charge in [0.05, 0.1) is 11.9 Å². The fourth-order valence-electron chi connectivity index (χ4n) is 0.541. The molecule has 2 unspecified atom stereocenters. The maximum Gasteiger partial charge on any atom is 2.00 e. The number of hydrogen-bond acceptors (Lipinski definition) is 8. The van der Waals surface area contributed by atoms with Gasteiger partial charge in [0, 0.05) is 12.2 Å². The summed E-state index contributed by atoms with van der Waals surface area (Å²) >= 11 is 0. The summed E-state index contributed by atoms with van der Waals surface area (Å²) in [5.41, 5.74) is 0. The van der Waals surface area contributed by atoms with E-state index in [2.05, 4.69) is 22.6 Å². The molecule has 121 valence electrons. The first kappa shape index (κ1) is 23.9. The maximum atomic E-state index is 10.3. The van der Waals surface area contributed by atoms with E-state index in [1.807, 2.05) is 0 Å². The van der Waals surface area contributed by atoms with Crippen LogP contribution in [0.1, 0.15) is 13.8 Å². The molecule has 0 heterocycles. The Hall–Kier alpha value is -2.12. The molecule has 0 amide bonds. The van der Waals surface area contributed by atoms with Gasteiger partial charge in [0.2, 0.25) is 0 Å². The van der Waals surface area contributed by atoms with E-state index in [1.165, 1.54) is 13.8 Å². The van der Waals surface area contributed by atoms with Gasteiger partial charge in [0.25, 0.3) is 0 Å². The summed E-state index contributed by atoms with van der Waals surface area (Å²) in [5, 5.41) is 19.9. The smallest absolute Gasteiger partial charge is 0.546 e. The van der Waals surface area contributed by atoms with E-state index in [0.29, 0.717) is 0 Å². The van der Waals surface area contributed by atoms with Crippen molar-refractivity contribution in [3.8, 4) is 0 Å². The molecule has 8 nitrogen and oxygen atoms in total. The molecule has 0 aliphatic heterocycles. The van der Waals surface area contributed by atoms with Crippen LogP contribution >= 0.6 is 0 Å². The monoisotopic (exact) mass is 349 g/mol. The fourth-order valence-corrected chi connectivity index (χ4v) is 0.541. The summed E-state index contributed by atoms with van der Waals surface area (Å²) in [4.78, 5) is 40.4. The standard InChI is InChI=1S/2C6H8O4.Cu/c2*1-3-5(7)10-4(2)6(8)9;/h2*3-4H,1H2,2H3,(H,8,9);/q;;+2/p-2. The molecule has 0 saturated heterocycles. The van der Waals surface area contributed by atoms with E-state index in [0.717, 1.165) is 12.2 Å². The summed E-state index contributed by atoms with van der Waals surface area (Å²) in [6.45, 7) is 8.58. The van der Waals surface area contributed by atoms with Crippen molar-refractivity contribution in [3.05, 3.63) is 25.3 Å². The average Bonchev–Trinajstić information content (AvgIpc) is 2.38. The van der Waals surface area contributed by atoms with Crippen LogP contribution in [0.2, 0.25) is 0 Å². The molecule has 0 aromatic heterocycles. The fraction of sp³-hybridized carbons (Fsp3) is 0.333. The number of carboxylic acid groups (broad SMARTS) is 2. The topological polar surface area (TPSA) is 133 Å². The Kier molecular flexibility index (Phi) is 14.7. The van der Waals surface area contributed by atoms with Gasteiger partial charge in [-0.25, -0.2) is 9.59 Å². The zero-order valence-corrected chi connectivity index (χ0v) is 12.2. The number of hydrogen-bond donors (Lipinski definition) is 0. The first-order chi connectivity index (χ1) is 9.15. The predicted octanol–water partition coefficient (Wildman–Crippen LogP) is -2.29. The molecule has 0 aliphatic rings. The number of rotatable bonds is 6. The van der Waals surface area contributed by atoms with Gasteiger partial charge in [-0.3, -0.25) is 0 Å². The van der Waals surface area contributed by atoms with E-state index in [9.17, 15) is 29.4 Å². The van der Waals surface area contributed by atoms with Gasteiger partial charge in [0.15, 0.2) is 0 Å². The van der Waals surface area contributed by atoms with Crippen molar-refractivity contribution >= 4 is 23.9 Å². The van der Waals surface area contributed by atoms with Crippen molar-refractivity contribution in [2.75, 3.05) is 0 Å². The van der Waals surface area contributed by atoms with E-state index >= 15 is 0 Å². The number of carboxylic acids is 2.